The van der Waals surface area contributed by atoms with Crippen molar-refractivity contribution in [1.29, 1.82) is 0 Å². The van der Waals surface area contributed by atoms with Crippen molar-refractivity contribution in [2.45, 2.75) is 6.54 Å². The van der Waals surface area contributed by atoms with Crippen LogP contribution in [-0.4, -0.2) is 19.7 Å². The molecule has 8 heteroatoms. The van der Waals surface area contributed by atoms with E-state index in [4.69, 9.17) is 16.1 Å². The Morgan fingerprint density at radius 2 is 1.71 bits per heavy atom. The number of nitrogens with zero attached hydrogens (tertiary/aromatic N) is 3. The highest BCUT2D eigenvalue weighted by Gasteiger charge is 2.14. The molecule has 0 spiro atoms. The summed E-state index contributed by atoms with van der Waals surface area (Å²) in [6, 6.07) is 21.6. The molecule has 2 aromatic heterocycles. The van der Waals surface area contributed by atoms with Crippen LogP contribution in [-0.2, 0) is 6.54 Å². The van der Waals surface area contributed by atoms with Crippen LogP contribution in [0.5, 0.6) is 0 Å². The van der Waals surface area contributed by atoms with Crippen molar-refractivity contribution in [3.63, 3.8) is 0 Å². The molecule has 0 atom stereocenters. The monoisotopic (exact) mass is 430 g/mol. The van der Waals surface area contributed by atoms with Crippen molar-refractivity contribution in [1.82, 2.24) is 19.7 Å². The Hall–Kier alpha value is -3.97. The average Bonchev–Trinajstić information content (AvgIpc) is 3.28. The van der Waals surface area contributed by atoms with Crippen molar-refractivity contribution in [2.75, 3.05) is 0 Å². The Balaban J connectivity index is 1.54. The molecule has 0 aliphatic heterocycles. The van der Waals surface area contributed by atoms with E-state index in [9.17, 15) is 9.59 Å². The zero-order valence-electron chi connectivity index (χ0n) is 16.1. The van der Waals surface area contributed by atoms with Crippen molar-refractivity contribution < 1.29 is 4.52 Å². The second-order valence-electron chi connectivity index (χ2n) is 6.96. The molecule has 0 saturated carbocycles. The molecule has 5 rings (SSSR count). The van der Waals surface area contributed by atoms with Crippen molar-refractivity contribution in [3.8, 4) is 22.8 Å². The van der Waals surface area contributed by atoms with Gasteiger partial charge in [-0.15, -0.1) is 0 Å². The normalized spacial score (nSPS) is 11.1. The van der Waals surface area contributed by atoms with E-state index in [0.717, 1.165) is 10.1 Å². The van der Waals surface area contributed by atoms with E-state index in [0.29, 0.717) is 38.8 Å². The number of hydrogen-bond donors (Lipinski definition) is 1. The third kappa shape index (κ3) is 3.55. The highest BCUT2D eigenvalue weighted by Crippen LogP contribution is 2.24. The lowest BCUT2D eigenvalue weighted by atomic mass is 10.1. The van der Waals surface area contributed by atoms with Gasteiger partial charge < -0.3 is 9.51 Å². The number of nitrogens with one attached hydrogen (secondary N) is 1. The molecular formula is C23H15ClN4O3. The molecule has 3 aromatic carbocycles. The molecule has 7 nitrogen and oxygen atoms in total. The minimum atomic E-state index is -0.523. The highest BCUT2D eigenvalue weighted by molar-refractivity contribution is 6.31. The molecule has 1 N–H and O–H groups in total. The van der Waals surface area contributed by atoms with Gasteiger partial charge in [-0.3, -0.25) is 9.36 Å². The lowest BCUT2D eigenvalue weighted by Crippen LogP contribution is -2.35. The first-order chi connectivity index (χ1) is 15.1. The summed E-state index contributed by atoms with van der Waals surface area (Å²) in [7, 11) is 0. The van der Waals surface area contributed by atoms with Crippen LogP contribution in [0.1, 0.15) is 5.56 Å². The number of aromatic nitrogens is 4. The summed E-state index contributed by atoms with van der Waals surface area (Å²) in [5.41, 5.74) is 1.58. The molecule has 0 bridgehead atoms. The van der Waals surface area contributed by atoms with E-state index < -0.39 is 11.2 Å². The molecule has 2 heterocycles. The number of benzene rings is 3. The second kappa shape index (κ2) is 7.70. The minimum absolute atomic E-state index is 0.0790. The topological polar surface area (TPSA) is 93.8 Å². The number of H-pyrrole nitrogens is 1. The number of hydrogen-bond acceptors (Lipinski definition) is 5. The third-order valence-corrected chi connectivity index (χ3v) is 5.34. The molecule has 0 saturated heterocycles. The molecule has 0 radical (unpaired) electrons. The Kier molecular flexibility index (Phi) is 4.72. The van der Waals surface area contributed by atoms with Gasteiger partial charge >= 0.3 is 5.69 Å². The third-order valence-electron chi connectivity index (χ3n) is 4.97. The maximum absolute atomic E-state index is 13.0. The summed E-state index contributed by atoms with van der Waals surface area (Å²) < 4.78 is 6.51. The van der Waals surface area contributed by atoms with Crippen LogP contribution in [0, 0.1) is 0 Å². The standard InChI is InChI=1S/C23H15ClN4O3/c24-18-9-5-4-8-16(18)13-28-22(29)17-11-10-15(12-19(17)25-23(28)30)21-26-20(27-31-21)14-6-2-1-3-7-14/h1-12H,13H2,(H,25,30). The van der Waals surface area contributed by atoms with E-state index in [1.165, 1.54) is 0 Å². The smallest absolute Gasteiger partial charge is 0.329 e. The molecule has 0 unspecified atom stereocenters. The highest BCUT2D eigenvalue weighted by atomic mass is 35.5. The van der Waals surface area contributed by atoms with Crippen LogP contribution in [0.2, 0.25) is 5.02 Å². The van der Waals surface area contributed by atoms with Crippen LogP contribution in [0.25, 0.3) is 33.7 Å². The van der Waals surface area contributed by atoms with E-state index >= 15 is 0 Å². The van der Waals surface area contributed by atoms with Gasteiger partial charge in [-0.2, -0.15) is 4.98 Å². The average molecular weight is 431 g/mol. The Morgan fingerprint density at radius 3 is 2.52 bits per heavy atom. The van der Waals surface area contributed by atoms with Gasteiger partial charge in [0.05, 0.1) is 17.4 Å². The molecule has 0 aliphatic rings. The molecule has 31 heavy (non-hydrogen) atoms. The maximum Gasteiger partial charge on any atom is 0.329 e. The van der Waals surface area contributed by atoms with Crippen molar-refractivity contribution in [3.05, 3.63) is 104 Å². The quantitative estimate of drug-likeness (QED) is 0.463. The zero-order valence-corrected chi connectivity index (χ0v) is 16.8. The van der Waals surface area contributed by atoms with Crippen LogP contribution in [0.4, 0.5) is 0 Å². The van der Waals surface area contributed by atoms with E-state index in [1.807, 2.05) is 36.4 Å². The summed E-state index contributed by atoms with van der Waals surface area (Å²) in [5.74, 6) is 0.751. The van der Waals surface area contributed by atoms with Crippen LogP contribution in [0.3, 0.4) is 0 Å². The molecule has 152 valence electrons. The SMILES string of the molecule is O=c1[nH]c2cc(-c3nc(-c4ccccc4)no3)ccc2c(=O)n1Cc1ccccc1Cl. The largest absolute Gasteiger partial charge is 0.334 e. The van der Waals surface area contributed by atoms with Gasteiger partial charge in [0.1, 0.15) is 0 Å². The van der Waals surface area contributed by atoms with Gasteiger partial charge in [0.2, 0.25) is 5.82 Å². The first-order valence-corrected chi connectivity index (χ1v) is 9.88. The molecular weight excluding hydrogens is 416 g/mol. The van der Waals surface area contributed by atoms with E-state index in [-0.39, 0.29) is 6.54 Å². The van der Waals surface area contributed by atoms with Gasteiger partial charge in [0.25, 0.3) is 11.4 Å². The fraction of sp³-hybridized carbons (Fsp3) is 0.0435. The summed E-state index contributed by atoms with van der Waals surface area (Å²) in [5, 5.41) is 4.88. The van der Waals surface area contributed by atoms with Crippen LogP contribution < -0.4 is 11.2 Å². The minimum Gasteiger partial charge on any atom is -0.334 e. The summed E-state index contributed by atoms with van der Waals surface area (Å²) in [6.45, 7) is 0.0790. The van der Waals surface area contributed by atoms with Gasteiger partial charge in [-0.05, 0) is 29.8 Å². The van der Waals surface area contributed by atoms with E-state index in [2.05, 4.69) is 15.1 Å². The predicted molar refractivity (Wildman–Crippen MR) is 118 cm³/mol. The van der Waals surface area contributed by atoms with Gasteiger partial charge in [0, 0.05) is 16.1 Å². The predicted octanol–water partition coefficient (Wildman–Crippen LogP) is 4.11. The second-order valence-corrected chi connectivity index (χ2v) is 7.37. The fourth-order valence-corrected chi connectivity index (χ4v) is 3.57. The summed E-state index contributed by atoms with van der Waals surface area (Å²) >= 11 is 6.18. The maximum atomic E-state index is 13.0. The number of halogens is 1. The Labute approximate surface area is 180 Å². The number of rotatable bonds is 4. The van der Waals surface area contributed by atoms with E-state index in [1.54, 1.807) is 36.4 Å². The van der Waals surface area contributed by atoms with Crippen molar-refractivity contribution >= 4 is 22.5 Å². The van der Waals surface area contributed by atoms with Gasteiger partial charge in [-0.25, -0.2) is 4.79 Å². The van der Waals surface area contributed by atoms with Crippen LogP contribution >= 0.6 is 11.6 Å². The van der Waals surface area contributed by atoms with Crippen LogP contribution in [0.15, 0.2) is 86.9 Å². The summed E-state index contributed by atoms with van der Waals surface area (Å²) in [6.07, 6.45) is 0. The number of fused-ring (bicyclic) bond motifs is 1. The molecule has 0 fully saturated rings. The Bertz CT molecular complexity index is 1520. The summed E-state index contributed by atoms with van der Waals surface area (Å²) in [4.78, 5) is 32.7. The first kappa shape index (κ1) is 19.0. The lowest BCUT2D eigenvalue weighted by molar-refractivity contribution is 0.432. The zero-order chi connectivity index (χ0) is 21.4. The number of aromatic amines is 1. The molecule has 0 aliphatic carbocycles. The molecule has 5 aromatic rings. The molecule has 0 amide bonds. The Morgan fingerprint density at radius 1 is 0.935 bits per heavy atom. The van der Waals surface area contributed by atoms with Crippen molar-refractivity contribution in [2.24, 2.45) is 0 Å². The fourth-order valence-electron chi connectivity index (χ4n) is 3.37. The van der Waals surface area contributed by atoms with Gasteiger partial charge in [0.15, 0.2) is 0 Å². The van der Waals surface area contributed by atoms with Gasteiger partial charge in [-0.1, -0.05) is 65.3 Å². The lowest BCUT2D eigenvalue weighted by Gasteiger charge is -2.08. The first-order valence-electron chi connectivity index (χ1n) is 9.50.